The summed E-state index contributed by atoms with van der Waals surface area (Å²) in [4.78, 5) is 21.4. The molecule has 0 spiro atoms. The summed E-state index contributed by atoms with van der Waals surface area (Å²) in [5, 5.41) is 3.49. The Bertz CT molecular complexity index is 838. The zero-order chi connectivity index (χ0) is 18.9. The highest BCUT2D eigenvalue weighted by Crippen LogP contribution is 2.34. The van der Waals surface area contributed by atoms with Gasteiger partial charge < -0.3 is 15.0 Å². The molecular weight excluding hydrogens is 373 g/mol. The summed E-state index contributed by atoms with van der Waals surface area (Å²) in [6, 6.07) is 2.89. The number of rotatable bonds is 3. The number of nitrogens with one attached hydrogen (secondary N) is 1. The lowest BCUT2D eigenvalue weighted by atomic mass is 10.2. The molecule has 2 aromatic rings. The Morgan fingerprint density at radius 2 is 1.92 bits per heavy atom. The summed E-state index contributed by atoms with van der Waals surface area (Å²) in [7, 11) is 0. The molecule has 1 saturated heterocycles. The van der Waals surface area contributed by atoms with Gasteiger partial charge in [-0.2, -0.15) is 13.2 Å². The average Bonchev–Trinajstić information content (AvgIpc) is 2.60. The number of esters is 1. The molecule has 1 aromatic carbocycles. The second kappa shape index (κ2) is 7.24. The Hall–Kier alpha value is -2.13. The van der Waals surface area contributed by atoms with Crippen LogP contribution in [0.25, 0.3) is 11.0 Å². The van der Waals surface area contributed by atoms with E-state index in [2.05, 4.69) is 15.3 Å². The molecule has 1 fully saturated rings. The van der Waals surface area contributed by atoms with E-state index in [0.717, 1.165) is 13.1 Å². The maximum Gasteiger partial charge on any atom is 0.435 e. The van der Waals surface area contributed by atoms with Crippen molar-refractivity contribution in [2.24, 2.45) is 0 Å². The third-order valence-electron chi connectivity index (χ3n) is 3.93. The number of anilines is 1. The van der Waals surface area contributed by atoms with Gasteiger partial charge in [-0.3, -0.25) is 0 Å². The molecule has 0 saturated carbocycles. The van der Waals surface area contributed by atoms with Gasteiger partial charge in [0.15, 0.2) is 11.4 Å². The first-order valence-electron chi connectivity index (χ1n) is 8.02. The summed E-state index contributed by atoms with van der Waals surface area (Å²) in [6.07, 6.45) is -4.84. The van der Waals surface area contributed by atoms with Crippen LogP contribution in [0.2, 0.25) is 5.02 Å². The monoisotopic (exact) mass is 388 g/mol. The van der Waals surface area contributed by atoms with E-state index in [0.29, 0.717) is 18.8 Å². The standard InChI is InChI=1S/C16H16ClF3N4O2/c1-2-26-15(25)13-14(16(18,19)20)23-10-7-9(17)12(8-11(10)22-13)24-5-3-21-4-6-24/h7-8,21H,2-6H2,1H3. The highest BCUT2D eigenvalue weighted by atomic mass is 35.5. The van der Waals surface area contributed by atoms with Crippen molar-refractivity contribution in [2.75, 3.05) is 37.7 Å². The van der Waals surface area contributed by atoms with Crippen LogP contribution in [0, 0.1) is 0 Å². The minimum Gasteiger partial charge on any atom is -0.461 e. The molecule has 0 radical (unpaired) electrons. The minimum atomic E-state index is -4.84. The molecule has 0 aliphatic carbocycles. The maximum absolute atomic E-state index is 13.3. The van der Waals surface area contributed by atoms with Crippen molar-refractivity contribution in [3.05, 3.63) is 28.5 Å². The van der Waals surface area contributed by atoms with E-state index in [1.54, 1.807) is 6.07 Å². The number of fused-ring (bicyclic) bond motifs is 1. The lowest BCUT2D eigenvalue weighted by molar-refractivity contribution is -0.141. The van der Waals surface area contributed by atoms with E-state index in [4.69, 9.17) is 16.3 Å². The number of hydrogen-bond donors (Lipinski definition) is 1. The van der Waals surface area contributed by atoms with Gasteiger partial charge in [-0.05, 0) is 19.1 Å². The number of ether oxygens (including phenoxy) is 1. The van der Waals surface area contributed by atoms with Crippen LogP contribution in [0.5, 0.6) is 0 Å². The van der Waals surface area contributed by atoms with Crippen molar-refractivity contribution >= 4 is 34.3 Å². The molecule has 1 aromatic heterocycles. The number of carbonyl (C=O) groups excluding carboxylic acids is 1. The van der Waals surface area contributed by atoms with Gasteiger partial charge in [0, 0.05) is 26.2 Å². The number of piperazine rings is 1. The van der Waals surface area contributed by atoms with Crippen LogP contribution in [0.15, 0.2) is 12.1 Å². The fourth-order valence-corrected chi connectivity index (χ4v) is 3.03. The SMILES string of the molecule is CCOC(=O)c1nc2cc(N3CCNCC3)c(Cl)cc2nc1C(F)(F)F. The minimum absolute atomic E-state index is 0.0331. The van der Waals surface area contributed by atoms with Gasteiger partial charge in [0.25, 0.3) is 0 Å². The van der Waals surface area contributed by atoms with Crippen LogP contribution in [-0.2, 0) is 10.9 Å². The van der Waals surface area contributed by atoms with E-state index < -0.39 is 23.5 Å². The fraction of sp³-hybridized carbons (Fsp3) is 0.438. The molecule has 26 heavy (non-hydrogen) atoms. The molecule has 10 heteroatoms. The van der Waals surface area contributed by atoms with Gasteiger partial charge in [-0.1, -0.05) is 11.6 Å². The summed E-state index contributed by atoms with van der Waals surface area (Å²) >= 11 is 6.25. The molecular formula is C16H16ClF3N4O2. The normalized spacial score (nSPS) is 15.3. The summed E-state index contributed by atoms with van der Waals surface area (Å²) < 4.78 is 44.6. The van der Waals surface area contributed by atoms with Crippen LogP contribution >= 0.6 is 11.6 Å². The van der Waals surface area contributed by atoms with Crippen LogP contribution in [0.3, 0.4) is 0 Å². The summed E-state index contributed by atoms with van der Waals surface area (Å²) in [5.41, 5.74) is -1.47. The largest absolute Gasteiger partial charge is 0.461 e. The second-order valence-corrected chi connectivity index (χ2v) is 6.08. The Morgan fingerprint density at radius 3 is 2.54 bits per heavy atom. The topological polar surface area (TPSA) is 67.3 Å². The van der Waals surface area contributed by atoms with Gasteiger partial charge in [-0.25, -0.2) is 14.8 Å². The van der Waals surface area contributed by atoms with E-state index in [1.807, 2.05) is 4.90 Å². The van der Waals surface area contributed by atoms with Gasteiger partial charge in [0.05, 0.1) is 28.4 Å². The Balaban J connectivity index is 2.15. The quantitative estimate of drug-likeness (QED) is 0.815. The molecule has 0 bridgehead atoms. The van der Waals surface area contributed by atoms with Crippen molar-refractivity contribution in [1.82, 2.24) is 15.3 Å². The number of carbonyl (C=O) groups is 1. The molecule has 0 amide bonds. The number of halogens is 4. The van der Waals surface area contributed by atoms with Gasteiger partial charge in [0.2, 0.25) is 0 Å². The second-order valence-electron chi connectivity index (χ2n) is 5.67. The zero-order valence-corrected chi connectivity index (χ0v) is 14.6. The van der Waals surface area contributed by atoms with Crippen molar-refractivity contribution in [3.8, 4) is 0 Å². The Labute approximate surface area is 152 Å². The number of aromatic nitrogens is 2. The third-order valence-corrected chi connectivity index (χ3v) is 4.23. The zero-order valence-electron chi connectivity index (χ0n) is 13.9. The molecule has 6 nitrogen and oxygen atoms in total. The lowest BCUT2D eigenvalue weighted by Crippen LogP contribution is -2.43. The maximum atomic E-state index is 13.3. The van der Waals surface area contributed by atoms with E-state index in [-0.39, 0.29) is 22.7 Å². The van der Waals surface area contributed by atoms with Gasteiger partial charge >= 0.3 is 12.1 Å². The van der Waals surface area contributed by atoms with Crippen molar-refractivity contribution in [2.45, 2.75) is 13.1 Å². The Kier molecular flexibility index (Phi) is 5.19. The van der Waals surface area contributed by atoms with Crippen molar-refractivity contribution in [3.63, 3.8) is 0 Å². The van der Waals surface area contributed by atoms with Crippen molar-refractivity contribution < 1.29 is 22.7 Å². The highest BCUT2D eigenvalue weighted by Gasteiger charge is 2.39. The van der Waals surface area contributed by atoms with Gasteiger partial charge in [0.1, 0.15) is 0 Å². The van der Waals surface area contributed by atoms with E-state index >= 15 is 0 Å². The lowest BCUT2D eigenvalue weighted by Gasteiger charge is -2.30. The van der Waals surface area contributed by atoms with Gasteiger partial charge in [-0.15, -0.1) is 0 Å². The van der Waals surface area contributed by atoms with E-state index in [1.165, 1.54) is 13.0 Å². The molecule has 140 valence electrons. The van der Waals surface area contributed by atoms with Crippen LogP contribution in [-0.4, -0.2) is 48.7 Å². The first-order valence-corrected chi connectivity index (χ1v) is 8.40. The highest BCUT2D eigenvalue weighted by molar-refractivity contribution is 6.34. The molecule has 1 N–H and O–H groups in total. The first kappa shape index (κ1) is 18.7. The van der Waals surface area contributed by atoms with Crippen LogP contribution in [0.4, 0.5) is 18.9 Å². The summed E-state index contributed by atoms with van der Waals surface area (Å²) in [6.45, 7) is 4.36. The number of alkyl halides is 3. The first-order chi connectivity index (χ1) is 12.3. The molecule has 1 aliphatic rings. The molecule has 3 rings (SSSR count). The molecule has 0 atom stereocenters. The van der Waals surface area contributed by atoms with Crippen LogP contribution in [0.1, 0.15) is 23.1 Å². The smallest absolute Gasteiger partial charge is 0.435 e. The Morgan fingerprint density at radius 1 is 1.27 bits per heavy atom. The molecule has 1 aliphatic heterocycles. The third kappa shape index (κ3) is 3.68. The molecule has 2 heterocycles. The summed E-state index contributed by atoms with van der Waals surface area (Å²) in [5.74, 6) is -1.16. The number of nitrogens with zero attached hydrogens (tertiary/aromatic N) is 3. The van der Waals surface area contributed by atoms with Crippen LogP contribution < -0.4 is 10.2 Å². The average molecular weight is 389 g/mol. The molecule has 0 unspecified atom stereocenters. The van der Waals surface area contributed by atoms with E-state index in [9.17, 15) is 18.0 Å². The number of hydrogen-bond acceptors (Lipinski definition) is 6. The number of benzene rings is 1. The van der Waals surface area contributed by atoms with Crippen molar-refractivity contribution in [1.29, 1.82) is 0 Å². The predicted molar refractivity (Wildman–Crippen MR) is 90.6 cm³/mol. The predicted octanol–water partition coefficient (Wildman–Crippen LogP) is 2.89. The fourth-order valence-electron chi connectivity index (χ4n) is 2.75.